The van der Waals surface area contributed by atoms with E-state index in [2.05, 4.69) is 31.4 Å². The highest BCUT2D eigenvalue weighted by Gasteiger charge is 2.49. The maximum absolute atomic E-state index is 12.9. The van der Waals surface area contributed by atoms with E-state index in [0.29, 0.717) is 18.5 Å². The summed E-state index contributed by atoms with van der Waals surface area (Å²) in [5.41, 5.74) is 0.0506. The van der Waals surface area contributed by atoms with Crippen molar-refractivity contribution in [1.82, 2.24) is 10.6 Å². The minimum absolute atomic E-state index is 0.0506. The van der Waals surface area contributed by atoms with Gasteiger partial charge in [0.25, 0.3) is 0 Å². The maximum Gasteiger partial charge on any atom is 0.223 e. The van der Waals surface area contributed by atoms with Crippen molar-refractivity contribution in [3.05, 3.63) is 0 Å². The Morgan fingerprint density at radius 1 is 0.920 bits per heavy atom. The summed E-state index contributed by atoms with van der Waals surface area (Å²) >= 11 is 0. The standard InChI is InChI=1S/C21H34N2O2/c1-21(2,3)11-14(20(25)23-18-7-5-13-9-16(13)18)10-19(24)22-17-6-4-12-8-15(12)17/h12-18H,4-11H2,1-3H3,(H,22,24)(H,23,25). The lowest BCUT2D eigenvalue weighted by Gasteiger charge is -2.27. The zero-order valence-corrected chi connectivity index (χ0v) is 16.0. The predicted octanol–water partition coefficient (Wildman–Crippen LogP) is 3.26. The molecule has 140 valence electrons. The highest BCUT2D eigenvalue weighted by Crippen LogP contribution is 2.52. The van der Waals surface area contributed by atoms with Crippen LogP contribution in [0.25, 0.3) is 0 Å². The molecule has 2 N–H and O–H groups in total. The van der Waals surface area contributed by atoms with Gasteiger partial charge in [0, 0.05) is 24.4 Å². The van der Waals surface area contributed by atoms with Gasteiger partial charge in [0.05, 0.1) is 0 Å². The van der Waals surface area contributed by atoms with Crippen LogP contribution in [0, 0.1) is 35.0 Å². The summed E-state index contributed by atoms with van der Waals surface area (Å²) in [6, 6.07) is 0.739. The van der Waals surface area contributed by atoms with Crippen LogP contribution in [-0.4, -0.2) is 23.9 Å². The largest absolute Gasteiger partial charge is 0.353 e. The van der Waals surface area contributed by atoms with Gasteiger partial charge in [-0.3, -0.25) is 9.59 Å². The first-order chi connectivity index (χ1) is 11.8. The zero-order chi connectivity index (χ0) is 17.8. The molecule has 4 rings (SSSR count). The molecule has 4 aliphatic rings. The van der Waals surface area contributed by atoms with E-state index in [4.69, 9.17) is 0 Å². The number of carbonyl (C=O) groups is 2. The topological polar surface area (TPSA) is 58.2 Å². The SMILES string of the molecule is CC(C)(C)CC(CC(=O)NC1CCC2CC21)C(=O)NC1CCC2CC21. The van der Waals surface area contributed by atoms with Crippen molar-refractivity contribution in [3.63, 3.8) is 0 Å². The lowest BCUT2D eigenvalue weighted by atomic mass is 9.82. The molecule has 4 aliphatic carbocycles. The number of nitrogens with one attached hydrogen (secondary N) is 2. The number of rotatable bonds is 6. The van der Waals surface area contributed by atoms with Gasteiger partial charge in [-0.25, -0.2) is 0 Å². The van der Waals surface area contributed by atoms with E-state index in [9.17, 15) is 9.59 Å². The first kappa shape index (κ1) is 17.4. The number of amides is 2. The minimum Gasteiger partial charge on any atom is -0.353 e. The average Bonchev–Trinajstić information content (AvgIpc) is 3.40. The molecule has 7 atom stereocenters. The van der Waals surface area contributed by atoms with E-state index < -0.39 is 0 Å². The Bertz CT molecular complexity index is 553. The average molecular weight is 347 g/mol. The molecule has 0 heterocycles. The first-order valence-electron chi connectivity index (χ1n) is 10.4. The third kappa shape index (κ3) is 4.03. The normalized spacial score (nSPS) is 39.3. The van der Waals surface area contributed by atoms with Crippen LogP contribution < -0.4 is 10.6 Å². The van der Waals surface area contributed by atoms with Crippen LogP contribution in [0.3, 0.4) is 0 Å². The third-order valence-electron chi connectivity index (χ3n) is 7.02. The second-order valence-corrected chi connectivity index (χ2v) is 10.4. The Hall–Kier alpha value is -1.06. The summed E-state index contributed by atoms with van der Waals surface area (Å²) in [5.74, 6) is 3.17. The summed E-state index contributed by atoms with van der Waals surface area (Å²) in [5, 5.41) is 6.52. The maximum atomic E-state index is 12.9. The summed E-state index contributed by atoms with van der Waals surface area (Å²) in [4.78, 5) is 25.5. The van der Waals surface area contributed by atoms with Gasteiger partial charge >= 0.3 is 0 Å². The summed E-state index contributed by atoms with van der Waals surface area (Å²) in [6.45, 7) is 6.47. The van der Waals surface area contributed by atoms with Crippen LogP contribution in [0.4, 0.5) is 0 Å². The van der Waals surface area contributed by atoms with Crippen LogP contribution in [-0.2, 0) is 9.59 Å². The van der Waals surface area contributed by atoms with Crippen LogP contribution >= 0.6 is 0 Å². The molecule has 25 heavy (non-hydrogen) atoms. The van der Waals surface area contributed by atoms with Crippen molar-refractivity contribution in [2.75, 3.05) is 0 Å². The second kappa shape index (κ2) is 6.28. The molecule has 0 radical (unpaired) electrons. The summed E-state index contributed by atoms with van der Waals surface area (Å²) < 4.78 is 0. The Labute approximate surface area is 151 Å². The fraction of sp³-hybridized carbons (Fsp3) is 0.905. The molecular weight excluding hydrogens is 312 g/mol. The number of hydrogen-bond donors (Lipinski definition) is 2. The van der Waals surface area contributed by atoms with E-state index in [1.54, 1.807) is 0 Å². The van der Waals surface area contributed by atoms with Crippen molar-refractivity contribution in [2.45, 2.75) is 84.2 Å². The highest BCUT2D eigenvalue weighted by molar-refractivity contribution is 5.86. The summed E-state index contributed by atoms with van der Waals surface area (Å²) in [6.07, 6.45) is 8.49. The van der Waals surface area contributed by atoms with Crippen molar-refractivity contribution in [1.29, 1.82) is 0 Å². The molecule has 4 heteroatoms. The van der Waals surface area contributed by atoms with E-state index in [1.807, 2.05) is 0 Å². The van der Waals surface area contributed by atoms with Gasteiger partial charge in [0.1, 0.15) is 0 Å². The molecule has 7 unspecified atom stereocenters. The highest BCUT2D eigenvalue weighted by atomic mass is 16.2. The monoisotopic (exact) mass is 346 g/mol. The Morgan fingerprint density at radius 2 is 1.48 bits per heavy atom. The van der Waals surface area contributed by atoms with Gasteiger partial charge in [-0.2, -0.15) is 0 Å². The lowest BCUT2D eigenvalue weighted by molar-refractivity contribution is -0.132. The molecule has 2 amide bonds. The zero-order valence-electron chi connectivity index (χ0n) is 16.0. The molecule has 0 aromatic carbocycles. The van der Waals surface area contributed by atoms with Crippen molar-refractivity contribution < 1.29 is 9.59 Å². The van der Waals surface area contributed by atoms with Gasteiger partial charge < -0.3 is 10.6 Å². The van der Waals surface area contributed by atoms with Gasteiger partial charge in [-0.15, -0.1) is 0 Å². The fourth-order valence-corrected chi connectivity index (χ4v) is 5.55. The van der Waals surface area contributed by atoms with Gasteiger partial charge in [-0.05, 0) is 74.0 Å². The van der Waals surface area contributed by atoms with Crippen molar-refractivity contribution >= 4 is 11.8 Å². The van der Waals surface area contributed by atoms with Crippen LogP contribution in [0.15, 0.2) is 0 Å². The van der Waals surface area contributed by atoms with E-state index in [0.717, 1.165) is 42.9 Å². The van der Waals surface area contributed by atoms with Crippen LogP contribution in [0.1, 0.15) is 72.1 Å². The quantitative estimate of drug-likeness (QED) is 0.775. The Morgan fingerprint density at radius 3 is 1.92 bits per heavy atom. The van der Waals surface area contributed by atoms with E-state index in [-0.39, 0.29) is 23.1 Å². The number of carbonyl (C=O) groups excluding carboxylic acids is 2. The van der Waals surface area contributed by atoms with E-state index in [1.165, 1.54) is 25.7 Å². The molecule has 0 aromatic rings. The van der Waals surface area contributed by atoms with Gasteiger partial charge in [0.15, 0.2) is 0 Å². The fourth-order valence-electron chi connectivity index (χ4n) is 5.55. The molecule has 0 aromatic heterocycles. The minimum atomic E-state index is -0.200. The van der Waals surface area contributed by atoms with Gasteiger partial charge in [-0.1, -0.05) is 20.8 Å². The second-order valence-electron chi connectivity index (χ2n) is 10.4. The molecule has 4 nitrogen and oxygen atoms in total. The Kier molecular flexibility index (Phi) is 4.36. The smallest absolute Gasteiger partial charge is 0.223 e. The molecule has 0 saturated heterocycles. The lowest BCUT2D eigenvalue weighted by Crippen LogP contribution is -2.43. The van der Waals surface area contributed by atoms with Gasteiger partial charge in [0.2, 0.25) is 11.8 Å². The molecule has 0 bridgehead atoms. The number of fused-ring (bicyclic) bond motifs is 2. The predicted molar refractivity (Wildman–Crippen MR) is 97.7 cm³/mol. The van der Waals surface area contributed by atoms with E-state index >= 15 is 0 Å². The molecular formula is C21H34N2O2. The molecule has 4 fully saturated rings. The van der Waals surface area contributed by atoms with Crippen molar-refractivity contribution in [2.24, 2.45) is 35.0 Å². The van der Waals surface area contributed by atoms with Crippen molar-refractivity contribution in [3.8, 4) is 0 Å². The molecule has 0 spiro atoms. The van der Waals surface area contributed by atoms with Crippen LogP contribution in [0.2, 0.25) is 0 Å². The molecule has 4 saturated carbocycles. The summed E-state index contributed by atoms with van der Waals surface area (Å²) in [7, 11) is 0. The number of hydrogen-bond acceptors (Lipinski definition) is 2. The molecule has 0 aliphatic heterocycles. The van der Waals surface area contributed by atoms with Crippen LogP contribution in [0.5, 0.6) is 0 Å². The third-order valence-corrected chi connectivity index (χ3v) is 7.02. The Balaban J connectivity index is 1.33. The first-order valence-corrected chi connectivity index (χ1v) is 10.4.